The highest BCUT2D eigenvalue weighted by Gasteiger charge is 2.12. The molecule has 0 aliphatic heterocycles. The molecule has 1 unspecified atom stereocenters. The van der Waals surface area contributed by atoms with Crippen molar-refractivity contribution in [3.8, 4) is 5.75 Å². The monoisotopic (exact) mass is 279 g/mol. The third-order valence-electron chi connectivity index (χ3n) is 3.23. The number of carbonyl (C=O) groups excluding carboxylic acids is 1. The van der Waals surface area contributed by atoms with Gasteiger partial charge in [0.25, 0.3) is 5.91 Å². The van der Waals surface area contributed by atoms with E-state index in [9.17, 15) is 4.79 Å². The lowest BCUT2D eigenvalue weighted by Crippen LogP contribution is -2.39. The van der Waals surface area contributed by atoms with Crippen molar-refractivity contribution in [2.24, 2.45) is 0 Å². The van der Waals surface area contributed by atoms with Crippen molar-refractivity contribution in [1.82, 2.24) is 5.32 Å². The quantitative estimate of drug-likeness (QED) is 0.805. The van der Waals surface area contributed by atoms with Crippen LogP contribution in [0.1, 0.15) is 44.2 Å². The van der Waals surface area contributed by atoms with Gasteiger partial charge in [0.15, 0.2) is 6.61 Å². The van der Waals surface area contributed by atoms with Gasteiger partial charge in [-0.25, -0.2) is 0 Å². The normalized spacial score (nSPS) is 12.3. The second-order valence-electron chi connectivity index (χ2n) is 5.34. The largest absolute Gasteiger partial charge is 0.483 e. The van der Waals surface area contributed by atoms with Gasteiger partial charge >= 0.3 is 0 Å². The molecule has 0 aliphatic rings. The molecule has 0 aromatic heterocycles. The first-order chi connectivity index (χ1) is 9.47. The Bertz CT molecular complexity index is 439. The molecule has 20 heavy (non-hydrogen) atoms. The maximum atomic E-state index is 11.8. The number of rotatable bonds is 7. The van der Waals surface area contributed by atoms with E-state index < -0.39 is 0 Å². The van der Waals surface area contributed by atoms with Crippen LogP contribution < -0.4 is 10.1 Å². The summed E-state index contributed by atoms with van der Waals surface area (Å²) in [5.41, 5.74) is 2.20. The first-order valence-corrected chi connectivity index (χ1v) is 7.11. The van der Waals surface area contributed by atoms with Crippen LogP contribution in [0.5, 0.6) is 5.75 Å². The smallest absolute Gasteiger partial charge is 0.258 e. The summed E-state index contributed by atoms with van der Waals surface area (Å²) < 4.78 is 5.64. The highest BCUT2D eigenvalue weighted by atomic mass is 16.5. The fraction of sp³-hybridized carbons (Fsp3) is 0.562. The molecule has 0 spiro atoms. The van der Waals surface area contributed by atoms with Crippen LogP contribution in [0.2, 0.25) is 0 Å². The molecule has 1 aromatic rings. The SMILES string of the molecule is CCC(CO)NC(=O)COc1cc(C)ccc1C(C)C. The van der Waals surface area contributed by atoms with E-state index in [4.69, 9.17) is 9.84 Å². The number of amides is 1. The van der Waals surface area contributed by atoms with Crippen LogP contribution in [-0.2, 0) is 4.79 Å². The summed E-state index contributed by atoms with van der Waals surface area (Å²) in [5.74, 6) is 0.892. The number of ether oxygens (including phenoxy) is 1. The number of hydrogen-bond donors (Lipinski definition) is 2. The Hall–Kier alpha value is -1.55. The first kappa shape index (κ1) is 16.5. The number of aliphatic hydroxyl groups is 1. The molecule has 4 nitrogen and oxygen atoms in total. The van der Waals surface area contributed by atoms with Crippen LogP contribution in [0.4, 0.5) is 0 Å². The van der Waals surface area contributed by atoms with E-state index in [2.05, 4.69) is 19.2 Å². The molecule has 0 heterocycles. The molecule has 0 aliphatic carbocycles. The van der Waals surface area contributed by atoms with Gasteiger partial charge < -0.3 is 15.2 Å². The van der Waals surface area contributed by atoms with Crippen LogP contribution >= 0.6 is 0 Å². The molecule has 0 saturated heterocycles. The van der Waals surface area contributed by atoms with Gasteiger partial charge in [-0.15, -0.1) is 0 Å². The van der Waals surface area contributed by atoms with Crippen LogP contribution in [-0.4, -0.2) is 30.3 Å². The second kappa shape index (κ2) is 7.90. The molecule has 2 N–H and O–H groups in total. The highest BCUT2D eigenvalue weighted by Crippen LogP contribution is 2.27. The Labute approximate surface area is 121 Å². The predicted octanol–water partition coefficient (Wildman–Crippen LogP) is 2.38. The Morgan fingerprint density at radius 1 is 1.40 bits per heavy atom. The fourth-order valence-corrected chi connectivity index (χ4v) is 1.93. The number of aliphatic hydroxyl groups excluding tert-OH is 1. The van der Waals surface area contributed by atoms with Crippen LogP contribution in [0.3, 0.4) is 0 Å². The van der Waals surface area contributed by atoms with E-state index >= 15 is 0 Å². The zero-order valence-electron chi connectivity index (χ0n) is 12.8. The van der Waals surface area contributed by atoms with Crippen molar-refractivity contribution in [2.75, 3.05) is 13.2 Å². The molecule has 4 heteroatoms. The van der Waals surface area contributed by atoms with Gasteiger partial charge in [0.05, 0.1) is 12.6 Å². The topological polar surface area (TPSA) is 58.6 Å². The first-order valence-electron chi connectivity index (χ1n) is 7.11. The summed E-state index contributed by atoms with van der Waals surface area (Å²) >= 11 is 0. The summed E-state index contributed by atoms with van der Waals surface area (Å²) in [4.78, 5) is 11.8. The Kier molecular flexibility index (Phi) is 6.52. The lowest BCUT2D eigenvalue weighted by molar-refractivity contribution is -0.124. The Balaban J connectivity index is 2.65. The number of nitrogens with one attached hydrogen (secondary N) is 1. The zero-order chi connectivity index (χ0) is 15.1. The molecule has 0 fully saturated rings. The van der Waals surface area contributed by atoms with Crippen molar-refractivity contribution in [3.63, 3.8) is 0 Å². The molecule has 1 atom stereocenters. The molecule has 0 saturated carbocycles. The minimum absolute atomic E-state index is 0.0281. The van der Waals surface area contributed by atoms with Gasteiger partial charge in [0, 0.05) is 0 Å². The number of benzene rings is 1. The molecule has 0 radical (unpaired) electrons. The van der Waals surface area contributed by atoms with E-state index in [1.807, 2.05) is 32.0 Å². The Morgan fingerprint density at radius 3 is 2.65 bits per heavy atom. The third-order valence-corrected chi connectivity index (χ3v) is 3.23. The van der Waals surface area contributed by atoms with Gasteiger partial charge in [-0.3, -0.25) is 4.79 Å². The highest BCUT2D eigenvalue weighted by molar-refractivity contribution is 5.77. The minimum atomic E-state index is -0.206. The van der Waals surface area contributed by atoms with Crippen molar-refractivity contribution in [2.45, 2.75) is 46.1 Å². The molecule has 1 aromatic carbocycles. The van der Waals surface area contributed by atoms with Gasteiger partial charge in [-0.2, -0.15) is 0 Å². The maximum absolute atomic E-state index is 11.8. The van der Waals surface area contributed by atoms with Gasteiger partial charge in [0.1, 0.15) is 5.75 Å². The summed E-state index contributed by atoms with van der Waals surface area (Å²) in [7, 11) is 0. The third kappa shape index (κ3) is 4.85. The standard InChI is InChI=1S/C16H25NO3/c1-5-13(9-18)17-16(19)10-20-15-8-12(4)6-7-14(15)11(2)3/h6-8,11,13,18H,5,9-10H2,1-4H3,(H,17,19). The molecule has 112 valence electrons. The van der Waals surface area contributed by atoms with E-state index in [-0.39, 0.29) is 25.2 Å². The van der Waals surface area contributed by atoms with Crippen molar-refractivity contribution < 1.29 is 14.6 Å². The summed E-state index contributed by atoms with van der Waals surface area (Å²) in [6.45, 7) is 8.02. The van der Waals surface area contributed by atoms with Gasteiger partial charge in [0.2, 0.25) is 0 Å². The van der Waals surface area contributed by atoms with Crippen LogP contribution in [0.15, 0.2) is 18.2 Å². The zero-order valence-corrected chi connectivity index (χ0v) is 12.8. The molecular formula is C16H25NO3. The average Bonchev–Trinajstić information content (AvgIpc) is 2.42. The molecule has 1 amide bonds. The van der Waals surface area contributed by atoms with E-state index in [1.165, 1.54) is 0 Å². The maximum Gasteiger partial charge on any atom is 0.258 e. The minimum Gasteiger partial charge on any atom is -0.483 e. The molecule has 0 bridgehead atoms. The summed E-state index contributed by atoms with van der Waals surface area (Å²) in [6, 6.07) is 5.83. The predicted molar refractivity (Wildman–Crippen MR) is 80.1 cm³/mol. The van der Waals surface area contributed by atoms with Crippen LogP contribution in [0, 0.1) is 6.92 Å². The van der Waals surface area contributed by atoms with Crippen molar-refractivity contribution >= 4 is 5.91 Å². The lowest BCUT2D eigenvalue weighted by Gasteiger charge is -2.17. The summed E-state index contributed by atoms with van der Waals surface area (Å²) in [5, 5.41) is 11.8. The van der Waals surface area contributed by atoms with E-state index in [0.717, 1.165) is 16.9 Å². The second-order valence-corrected chi connectivity index (χ2v) is 5.34. The number of carbonyl (C=O) groups is 1. The molecular weight excluding hydrogens is 254 g/mol. The van der Waals surface area contributed by atoms with Crippen molar-refractivity contribution in [1.29, 1.82) is 0 Å². The lowest BCUT2D eigenvalue weighted by atomic mass is 10.0. The van der Waals surface area contributed by atoms with E-state index in [1.54, 1.807) is 0 Å². The number of hydrogen-bond acceptors (Lipinski definition) is 3. The Morgan fingerprint density at radius 2 is 2.10 bits per heavy atom. The average molecular weight is 279 g/mol. The summed E-state index contributed by atoms with van der Waals surface area (Å²) in [6.07, 6.45) is 0.698. The fourth-order valence-electron chi connectivity index (χ4n) is 1.93. The number of aryl methyl sites for hydroxylation is 1. The van der Waals surface area contributed by atoms with Crippen molar-refractivity contribution in [3.05, 3.63) is 29.3 Å². The molecule has 1 rings (SSSR count). The van der Waals surface area contributed by atoms with Gasteiger partial charge in [-0.1, -0.05) is 32.9 Å². The van der Waals surface area contributed by atoms with Crippen LogP contribution in [0.25, 0.3) is 0 Å². The van der Waals surface area contributed by atoms with Gasteiger partial charge in [-0.05, 0) is 36.5 Å². The van der Waals surface area contributed by atoms with E-state index in [0.29, 0.717) is 12.3 Å².